The zero-order chi connectivity index (χ0) is 15.3. The highest BCUT2D eigenvalue weighted by atomic mass is 32.2. The Balaban J connectivity index is 2.12. The van der Waals surface area contributed by atoms with E-state index in [4.69, 9.17) is 0 Å². The van der Waals surface area contributed by atoms with Crippen LogP contribution in [0.25, 0.3) is 0 Å². The summed E-state index contributed by atoms with van der Waals surface area (Å²) in [5.74, 6) is -0.136. The minimum atomic E-state index is -3.67. The molecule has 21 heavy (non-hydrogen) atoms. The van der Waals surface area contributed by atoms with Crippen LogP contribution in [0.4, 0.5) is 4.39 Å². The molecule has 0 amide bonds. The summed E-state index contributed by atoms with van der Waals surface area (Å²) in [5.41, 5.74) is 0.579. The standard InChI is InChI=1S/C15H23FN2O2S/c1-17-11-13-7-8-14(16)9-15(13)21(19,20)18-10-12-5-3-2-4-6-12/h7-9,12,17-18H,2-6,10-11H2,1H3. The van der Waals surface area contributed by atoms with E-state index < -0.39 is 15.8 Å². The highest BCUT2D eigenvalue weighted by Crippen LogP contribution is 2.24. The van der Waals surface area contributed by atoms with Gasteiger partial charge in [-0.05, 0) is 43.5 Å². The van der Waals surface area contributed by atoms with E-state index in [2.05, 4.69) is 10.0 Å². The SMILES string of the molecule is CNCc1ccc(F)cc1S(=O)(=O)NCC1CCCCC1. The van der Waals surface area contributed by atoms with Crippen molar-refractivity contribution in [2.75, 3.05) is 13.6 Å². The van der Waals surface area contributed by atoms with Gasteiger partial charge in [0.25, 0.3) is 0 Å². The maximum Gasteiger partial charge on any atom is 0.241 e. The van der Waals surface area contributed by atoms with E-state index in [0.29, 0.717) is 24.6 Å². The molecule has 0 saturated heterocycles. The number of halogens is 1. The first kappa shape index (κ1) is 16.4. The lowest BCUT2D eigenvalue weighted by molar-refractivity contribution is 0.357. The molecule has 0 aromatic heterocycles. The molecule has 6 heteroatoms. The molecule has 1 fully saturated rings. The van der Waals surface area contributed by atoms with Crippen molar-refractivity contribution in [2.24, 2.45) is 5.92 Å². The highest BCUT2D eigenvalue weighted by molar-refractivity contribution is 7.89. The molecule has 0 radical (unpaired) electrons. The van der Waals surface area contributed by atoms with Gasteiger partial charge in [-0.1, -0.05) is 25.3 Å². The van der Waals surface area contributed by atoms with E-state index in [1.165, 1.54) is 18.6 Å². The Morgan fingerprint density at radius 2 is 1.95 bits per heavy atom. The van der Waals surface area contributed by atoms with Gasteiger partial charge in [-0.25, -0.2) is 17.5 Å². The predicted octanol–water partition coefficient (Wildman–Crippen LogP) is 2.40. The molecule has 1 aromatic carbocycles. The fourth-order valence-corrected chi connectivity index (χ4v) is 4.18. The van der Waals surface area contributed by atoms with E-state index in [9.17, 15) is 12.8 Å². The first-order chi connectivity index (χ1) is 10.0. The van der Waals surface area contributed by atoms with Crippen LogP contribution in [0, 0.1) is 11.7 Å². The Morgan fingerprint density at radius 3 is 2.62 bits per heavy atom. The van der Waals surface area contributed by atoms with Gasteiger partial charge in [0.2, 0.25) is 10.0 Å². The van der Waals surface area contributed by atoms with Gasteiger partial charge in [-0.3, -0.25) is 0 Å². The molecule has 1 aromatic rings. The lowest BCUT2D eigenvalue weighted by Gasteiger charge is -2.22. The van der Waals surface area contributed by atoms with Gasteiger partial charge >= 0.3 is 0 Å². The van der Waals surface area contributed by atoms with Crippen molar-refractivity contribution in [3.8, 4) is 0 Å². The first-order valence-electron chi connectivity index (χ1n) is 7.45. The molecule has 118 valence electrons. The third-order valence-corrected chi connectivity index (χ3v) is 5.48. The fraction of sp³-hybridized carbons (Fsp3) is 0.600. The minimum absolute atomic E-state index is 0.0349. The Bertz CT molecular complexity index is 569. The number of benzene rings is 1. The number of nitrogens with one attached hydrogen (secondary N) is 2. The number of rotatable bonds is 6. The summed E-state index contributed by atoms with van der Waals surface area (Å²) in [4.78, 5) is 0.0349. The maximum atomic E-state index is 13.4. The largest absolute Gasteiger partial charge is 0.316 e. The molecule has 0 bridgehead atoms. The summed E-state index contributed by atoms with van der Waals surface area (Å²) >= 11 is 0. The lowest BCUT2D eigenvalue weighted by atomic mass is 9.90. The van der Waals surface area contributed by atoms with Crippen molar-refractivity contribution in [3.05, 3.63) is 29.6 Å². The molecule has 0 spiro atoms. The van der Waals surface area contributed by atoms with Crippen molar-refractivity contribution < 1.29 is 12.8 Å². The number of sulfonamides is 1. The Morgan fingerprint density at radius 1 is 1.24 bits per heavy atom. The number of hydrogen-bond donors (Lipinski definition) is 2. The predicted molar refractivity (Wildman–Crippen MR) is 80.9 cm³/mol. The van der Waals surface area contributed by atoms with E-state index in [1.54, 1.807) is 7.05 Å². The van der Waals surface area contributed by atoms with Gasteiger partial charge in [-0.2, -0.15) is 0 Å². The normalized spacial score (nSPS) is 17.0. The second-order valence-corrected chi connectivity index (χ2v) is 7.37. The second-order valence-electron chi connectivity index (χ2n) is 5.64. The molecule has 2 rings (SSSR count). The Hall–Kier alpha value is -0.980. The average Bonchev–Trinajstić information content (AvgIpc) is 2.48. The van der Waals surface area contributed by atoms with Crippen molar-refractivity contribution >= 4 is 10.0 Å². The van der Waals surface area contributed by atoms with Crippen LogP contribution in [0.3, 0.4) is 0 Å². The van der Waals surface area contributed by atoms with Crippen LogP contribution in [-0.4, -0.2) is 22.0 Å². The summed E-state index contributed by atoms with van der Waals surface area (Å²) in [6, 6.07) is 3.89. The van der Waals surface area contributed by atoms with E-state index in [1.807, 2.05) is 0 Å². The van der Waals surface area contributed by atoms with Gasteiger partial charge in [0, 0.05) is 13.1 Å². The second kappa shape index (κ2) is 7.33. The van der Waals surface area contributed by atoms with Gasteiger partial charge in [0.05, 0.1) is 4.90 Å². The minimum Gasteiger partial charge on any atom is -0.316 e. The van der Waals surface area contributed by atoms with Crippen LogP contribution in [0.2, 0.25) is 0 Å². The van der Waals surface area contributed by atoms with Crippen LogP contribution >= 0.6 is 0 Å². The Kier molecular flexibility index (Phi) is 5.72. The smallest absolute Gasteiger partial charge is 0.241 e. The quantitative estimate of drug-likeness (QED) is 0.848. The summed E-state index contributed by atoms with van der Waals surface area (Å²) in [5, 5.41) is 2.91. The third kappa shape index (κ3) is 4.49. The van der Waals surface area contributed by atoms with Gasteiger partial charge in [-0.15, -0.1) is 0 Å². The molecule has 2 N–H and O–H groups in total. The summed E-state index contributed by atoms with van der Waals surface area (Å²) < 4.78 is 40.9. The summed E-state index contributed by atoms with van der Waals surface area (Å²) in [7, 11) is -1.93. The molecule has 0 atom stereocenters. The molecule has 1 aliphatic carbocycles. The maximum absolute atomic E-state index is 13.4. The van der Waals surface area contributed by atoms with Crippen molar-refractivity contribution in [1.82, 2.24) is 10.0 Å². The van der Waals surface area contributed by atoms with Crippen LogP contribution in [0.1, 0.15) is 37.7 Å². The Labute approximate surface area is 126 Å². The molecule has 0 heterocycles. The van der Waals surface area contributed by atoms with Crippen LogP contribution in [-0.2, 0) is 16.6 Å². The lowest BCUT2D eigenvalue weighted by Crippen LogP contribution is -2.31. The average molecular weight is 314 g/mol. The van der Waals surface area contributed by atoms with Crippen LogP contribution < -0.4 is 10.0 Å². The zero-order valence-corrected chi connectivity index (χ0v) is 13.2. The molecule has 1 aliphatic rings. The topological polar surface area (TPSA) is 58.2 Å². The number of hydrogen-bond acceptors (Lipinski definition) is 3. The summed E-state index contributed by atoms with van der Waals surface area (Å²) in [6.45, 7) is 0.831. The van der Waals surface area contributed by atoms with E-state index >= 15 is 0 Å². The zero-order valence-electron chi connectivity index (χ0n) is 12.4. The van der Waals surface area contributed by atoms with Crippen molar-refractivity contribution in [1.29, 1.82) is 0 Å². The molecule has 1 saturated carbocycles. The van der Waals surface area contributed by atoms with Gasteiger partial charge in [0.15, 0.2) is 0 Å². The van der Waals surface area contributed by atoms with Crippen LogP contribution in [0.5, 0.6) is 0 Å². The highest BCUT2D eigenvalue weighted by Gasteiger charge is 2.21. The van der Waals surface area contributed by atoms with Crippen molar-refractivity contribution in [2.45, 2.75) is 43.5 Å². The van der Waals surface area contributed by atoms with E-state index in [0.717, 1.165) is 31.7 Å². The van der Waals surface area contributed by atoms with Crippen molar-refractivity contribution in [3.63, 3.8) is 0 Å². The monoisotopic (exact) mass is 314 g/mol. The molecule has 0 unspecified atom stereocenters. The van der Waals surface area contributed by atoms with Crippen LogP contribution in [0.15, 0.2) is 23.1 Å². The molecular formula is C15H23FN2O2S. The molecule has 4 nitrogen and oxygen atoms in total. The first-order valence-corrected chi connectivity index (χ1v) is 8.94. The third-order valence-electron chi connectivity index (χ3n) is 3.97. The van der Waals surface area contributed by atoms with E-state index in [-0.39, 0.29) is 4.90 Å². The molecule has 0 aliphatic heterocycles. The van der Waals surface area contributed by atoms with Gasteiger partial charge in [0.1, 0.15) is 5.82 Å². The van der Waals surface area contributed by atoms with Gasteiger partial charge < -0.3 is 5.32 Å². The fourth-order valence-electron chi connectivity index (χ4n) is 2.81. The molecular weight excluding hydrogens is 291 g/mol. The summed E-state index contributed by atoms with van der Waals surface area (Å²) in [6.07, 6.45) is 5.69.